The molecular formula is C8H8N3OS. The Bertz CT molecular complexity index is 401. The molecular weight excluding hydrogens is 186 g/mol. The topological polar surface area (TPSA) is 61.0 Å². The first-order chi connectivity index (χ1) is 6.40. The standard InChI is InChI=1S/C8H8N3OS/c9-3-4-12-7-2-1-6-8(11-7)13-5-10-6/h1-2H,3-4,9H2. The predicted molar refractivity (Wildman–Crippen MR) is 50.8 cm³/mol. The van der Waals surface area contributed by atoms with Crippen LogP contribution in [0.4, 0.5) is 0 Å². The van der Waals surface area contributed by atoms with Crippen LogP contribution in [0.1, 0.15) is 0 Å². The molecule has 0 aromatic carbocycles. The van der Waals surface area contributed by atoms with Gasteiger partial charge in [0.2, 0.25) is 5.88 Å². The van der Waals surface area contributed by atoms with E-state index in [1.807, 2.05) is 6.07 Å². The third-order valence-corrected chi connectivity index (χ3v) is 2.17. The monoisotopic (exact) mass is 194 g/mol. The molecule has 4 nitrogen and oxygen atoms in total. The highest BCUT2D eigenvalue weighted by molar-refractivity contribution is 7.15. The Labute approximate surface area is 79.4 Å². The Morgan fingerprint density at radius 1 is 1.54 bits per heavy atom. The molecule has 13 heavy (non-hydrogen) atoms. The van der Waals surface area contributed by atoms with E-state index in [1.54, 1.807) is 6.07 Å². The van der Waals surface area contributed by atoms with Crippen LogP contribution in [0.5, 0.6) is 5.88 Å². The first kappa shape index (κ1) is 8.40. The van der Waals surface area contributed by atoms with E-state index in [0.717, 1.165) is 10.3 Å². The highest BCUT2D eigenvalue weighted by atomic mass is 32.1. The minimum Gasteiger partial charge on any atom is -0.476 e. The Balaban J connectivity index is 2.26. The molecule has 0 aliphatic heterocycles. The summed E-state index contributed by atoms with van der Waals surface area (Å²) in [6, 6.07) is 3.65. The van der Waals surface area contributed by atoms with E-state index in [4.69, 9.17) is 10.5 Å². The van der Waals surface area contributed by atoms with Gasteiger partial charge in [-0.2, -0.15) is 0 Å². The molecule has 0 bridgehead atoms. The van der Waals surface area contributed by atoms with Gasteiger partial charge in [0.15, 0.2) is 5.51 Å². The van der Waals surface area contributed by atoms with E-state index in [1.165, 1.54) is 11.3 Å². The minimum absolute atomic E-state index is 0.487. The Kier molecular flexibility index (Phi) is 2.37. The molecule has 2 aromatic heterocycles. The summed E-state index contributed by atoms with van der Waals surface area (Å²) in [6.45, 7) is 0.982. The lowest BCUT2D eigenvalue weighted by molar-refractivity contribution is 0.317. The quantitative estimate of drug-likeness (QED) is 0.786. The summed E-state index contributed by atoms with van der Waals surface area (Å²) in [5, 5.41) is 0. The fourth-order valence-electron chi connectivity index (χ4n) is 0.935. The average Bonchev–Trinajstić information content (AvgIpc) is 2.61. The number of rotatable bonds is 3. The van der Waals surface area contributed by atoms with E-state index >= 15 is 0 Å². The maximum atomic E-state index is 5.30. The van der Waals surface area contributed by atoms with Crippen molar-refractivity contribution in [3.05, 3.63) is 17.6 Å². The van der Waals surface area contributed by atoms with Gasteiger partial charge >= 0.3 is 0 Å². The Morgan fingerprint density at radius 3 is 3.31 bits per heavy atom. The summed E-state index contributed by atoms with van der Waals surface area (Å²) < 4.78 is 5.26. The fourth-order valence-corrected chi connectivity index (χ4v) is 1.52. The number of aromatic nitrogens is 2. The number of ether oxygens (including phenoxy) is 1. The van der Waals surface area contributed by atoms with E-state index in [2.05, 4.69) is 15.5 Å². The molecule has 0 fully saturated rings. The maximum Gasteiger partial charge on any atom is 0.214 e. The maximum absolute atomic E-state index is 5.30. The zero-order chi connectivity index (χ0) is 9.10. The molecule has 0 amide bonds. The van der Waals surface area contributed by atoms with E-state index in [0.29, 0.717) is 19.0 Å². The molecule has 67 valence electrons. The largest absolute Gasteiger partial charge is 0.476 e. The van der Waals surface area contributed by atoms with E-state index in [-0.39, 0.29) is 0 Å². The van der Waals surface area contributed by atoms with Gasteiger partial charge in [0.25, 0.3) is 0 Å². The van der Waals surface area contributed by atoms with Crippen LogP contribution in [0.3, 0.4) is 0 Å². The van der Waals surface area contributed by atoms with Crippen LogP contribution in [0.15, 0.2) is 12.1 Å². The van der Waals surface area contributed by atoms with Gasteiger partial charge in [-0.25, -0.2) is 9.97 Å². The number of fused-ring (bicyclic) bond motifs is 1. The van der Waals surface area contributed by atoms with Gasteiger partial charge < -0.3 is 10.5 Å². The summed E-state index contributed by atoms with van der Waals surface area (Å²) in [6.07, 6.45) is 0. The molecule has 5 heteroatoms. The molecule has 2 heterocycles. The van der Waals surface area contributed by atoms with Crippen molar-refractivity contribution in [2.75, 3.05) is 13.2 Å². The molecule has 0 saturated carbocycles. The molecule has 0 aliphatic rings. The summed E-state index contributed by atoms with van der Waals surface area (Å²) in [7, 11) is 0. The van der Waals surface area contributed by atoms with Gasteiger partial charge in [-0.1, -0.05) is 11.3 Å². The molecule has 2 aromatic rings. The molecule has 0 saturated heterocycles. The van der Waals surface area contributed by atoms with E-state index < -0.39 is 0 Å². The number of pyridine rings is 1. The van der Waals surface area contributed by atoms with Gasteiger partial charge in [-0.15, -0.1) is 0 Å². The second kappa shape index (κ2) is 3.68. The summed E-state index contributed by atoms with van der Waals surface area (Å²) in [5.74, 6) is 0.593. The third-order valence-electron chi connectivity index (χ3n) is 1.49. The van der Waals surface area contributed by atoms with Gasteiger partial charge in [0.1, 0.15) is 17.0 Å². The Hall–Kier alpha value is -1.20. The summed E-state index contributed by atoms with van der Waals surface area (Å²) in [5.41, 5.74) is 8.92. The number of nitrogens with zero attached hydrogens (tertiary/aromatic N) is 2. The lowest BCUT2D eigenvalue weighted by atomic mass is 10.4. The highest BCUT2D eigenvalue weighted by Gasteiger charge is 2.00. The third kappa shape index (κ3) is 1.76. The Morgan fingerprint density at radius 2 is 2.46 bits per heavy atom. The molecule has 2 N–H and O–H groups in total. The van der Waals surface area contributed by atoms with Crippen molar-refractivity contribution in [2.45, 2.75) is 0 Å². The zero-order valence-electron chi connectivity index (χ0n) is 6.86. The van der Waals surface area contributed by atoms with Gasteiger partial charge in [0, 0.05) is 12.6 Å². The van der Waals surface area contributed by atoms with Gasteiger partial charge in [-0.05, 0) is 6.07 Å². The molecule has 0 spiro atoms. The van der Waals surface area contributed by atoms with Crippen molar-refractivity contribution in [3.63, 3.8) is 0 Å². The minimum atomic E-state index is 0.487. The number of nitrogens with two attached hydrogens (primary N) is 1. The van der Waals surface area contributed by atoms with Crippen LogP contribution in [0.2, 0.25) is 0 Å². The average molecular weight is 194 g/mol. The van der Waals surface area contributed by atoms with Crippen LogP contribution in [0, 0.1) is 5.51 Å². The lowest BCUT2D eigenvalue weighted by Gasteiger charge is -2.01. The fraction of sp³-hybridized carbons (Fsp3) is 0.250. The van der Waals surface area contributed by atoms with Crippen LogP contribution in [-0.4, -0.2) is 23.1 Å². The molecule has 2 rings (SSSR count). The van der Waals surface area contributed by atoms with Crippen LogP contribution in [-0.2, 0) is 0 Å². The van der Waals surface area contributed by atoms with Crippen molar-refractivity contribution >= 4 is 21.7 Å². The summed E-state index contributed by atoms with van der Waals surface area (Å²) >= 11 is 1.38. The van der Waals surface area contributed by atoms with Crippen molar-refractivity contribution in [2.24, 2.45) is 5.73 Å². The zero-order valence-corrected chi connectivity index (χ0v) is 7.67. The first-order valence-corrected chi connectivity index (χ1v) is 4.68. The van der Waals surface area contributed by atoms with Crippen molar-refractivity contribution in [1.29, 1.82) is 0 Å². The number of hydrogen-bond acceptors (Lipinski definition) is 5. The molecule has 0 atom stereocenters. The number of hydrogen-bond donors (Lipinski definition) is 1. The van der Waals surface area contributed by atoms with Gasteiger partial charge in [-0.3, -0.25) is 0 Å². The van der Waals surface area contributed by atoms with Crippen molar-refractivity contribution < 1.29 is 4.74 Å². The normalized spacial score (nSPS) is 10.5. The second-order valence-corrected chi connectivity index (χ2v) is 3.19. The smallest absolute Gasteiger partial charge is 0.214 e. The SMILES string of the molecule is NCCOc1ccc2n[c]sc2n1. The first-order valence-electron chi connectivity index (χ1n) is 3.86. The van der Waals surface area contributed by atoms with Crippen molar-refractivity contribution in [1.82, 2.24) is 9.97 Å². The number of thiazole rings is 1. The molecule has 0 unspecified atom stereocenters. The van der Waals surface area contributed by atoms with E-state index in [9.17, 15) is 0 Å². The van der Waals surface area contributed by atoms with Gasteiger partial charge in [0.05, 0.1) is 0 Å². The predicted octanol–water partition coefficient (Wildman–Crippen LogP) is 0.829. The second-order valence-electron chi connectivity index (χ2n) is 2.42. The molecule has 0 aliphatic carbocycles. The molecule has 1 radical (unpaired) electrons. The van der Waals surface area contributed by atoms with Crippen molar-refractivity contribution in [3.8, 4) is 5.88 Å². The highest BCUT2D eigenvalue weighted by Crippen LogP contribution is 2.18. The van der Waals surface area contributed by atoms with Crippen LogP contribution < -0.4 is 10.5 Å². The summed E-state index contributed by atoms with van der Waals surface area (Å²) in [4.78, 5) is 9.05. The van der Waals surface area contributed by atoms with Crippen LogP contribution >= 0.6 is 11.3 Å². The lowest BCUT2D eigenvalue weighted by Crippen LogP contribution is -2.11. The van der Waals surface area contributed by atoms with Crippen LogP contribution in [0.25, 0.3) is 10.3 Å².